The number of pyridine rings is 1. The van der Waals surface area contributed by atoms with Crippen LogP contribution >= 0.6 is 11.8 Å². The van der Waals surface area contributed by atoms with Gasteiger partial charge in [0.15, 0.2) is 11.5 Å². The van der Waals surface area contributed by atoms with Gasteiger partial charge in [0.25, 0.3) is 0 Å². The number of aromatic nitrogens is 1. The van der Waals surface area contributed by atoms with Crippen LogP contribution in [0.5, 0.6) is 11.5 Å². The number of rotatable bonds is 10. The summed E-state index contributed by atoms with van der Waals surface area (Å²) in [4.78, 5) is 18.1. The SMILES string of the molecule is CCOc1cc(CN(C)C(=O)CSCc2ccccn2)ccc1OC(F)F. The number of amides is 1. The summed E-state index contributed by atoms with van der Waals surface area (Å²) in [7, 11) is 1.70. The van der Waals surface area contributed by atoms with Crippen molar-refractivity contribution in [2.75, 3.05) is 19.4 Å². The standard InChI is InChI=1S/C19H22F2N2O3S/c1-3-25-17-10-14(7-8-16(17)26-19(20)21)11-23(2)18(24)13-27-12-15-6-4-5-9-22-15/h4-10,19H,3,11-13H2,1-2H3. The molecule has 8 heteroatoms. The molecule has 0 atom stereocenters. The summed E-state index contributed by atoms with van der Waals surface area (Å²) in [6, 6.07) is 10.4. The molecule has 1 heterocycles. The maximum Gasteiger partial charge on any atom is 0.387 e. The third-order valence-corrected chi connectivity index (χ3v) is 4.52. The second kappa shape index (κ2) is 10.7. The molecule has 2 rings (SSSR count). The number of carbonyl (C=O) groups is 1. The number of alkyl halides is 2. The topological polar surface area (TPSA) is 51.7 Å². The van der Waals surface area contributed by atoms with E-state index in [4.69, 9.17) is 4.74 Å². The molecule has 0 saturated heterocycles. The number of hydrogen-bond acceptors (Lipinski definition) is 5. The number of hydrogen-bond donors (Lipinski definition) is 0. The Hall–Kier alpha value is -2.35. The van der Waals surface area contributed by atoms with E-state index in [1.807, 2.05) is 18.2 Å². The lowest BCUT2D eigenvalue weighted by molar-refractivity contribution is -0.127. The lowest BCUT2D eigenvalue weighted by Gasteiger charge is -2.18. The van der Waals surface area contributed by atoms with Gasteiger partial charge in [0, 0.05) is 25.5 Å². The van der Waals surface area contributed by atoms with Gasteiger partial charge in [0.2, 0.25) is 5.91 Å². The van der Waals surface area contributed by atoms with Crippen molar-refractivity contribution in [3.05, 3.63) is 53.9 Å². The highest BCUT2D eigenvalue weighted by Gasteiger charge is 2.14. The highest BCUT2D eigenvalue weighted by molar-refractivity contribution is 7.99. The van der Waals surface area contributed by atoms with Crippen LogP contribution in [0, 0.1) is 0 Å². The lowest BCUT2D eigenvalue weighted by atomic mass is 10.2. The Morgan fingerprint density at radius 3 is 2.74 bits per heavy atom. The van der Waals surface area contributed by atoms with Crippen molar-refractivity contribution in [1.29, 1.82) is 0 Å². The number of carbonyl (C=O) groups excluding carboxylic acids is 1. The minimum atomic E-state index is -2.92. The molecule has 0 aliphatic carbocycles. The number of ether oxygens (including phenoxy) is 2. The smallest absolute Gasteiger partial charge is 0.387 e. The van der Waals surface area contributed by atoms with Crippen LogP contribution in [0.3, 0.4) is 0 Å². The van der Waals surface area contributed by atoms with Gasteiger partial charge in [-0.05, 0) is 36.8 Å². The zero-order valence-corrected chi connectivity index (χ0v) is 16.0. The first kappa shape index (κ1) is 21.0. The highest BCUT2D eigenvalue weighted by atomic mass is 32.2. The fourth-order valence-electron chi connectivity index (χ4n) is 2.31. The Morgan fingerprint density at radius 1 is 1.26 bits per heavy atom. The van der Waals surface area contributed by atoms with E-state index in [0.29, 0.717) is 24.7 Å². The van der Waals surface area contributed by atoms with E-state index in [1.165, 1.54) is 17.8 Å². The van der Waals surface area contributed by atoms with Gasteiger partial charge in [0.05, 0.1) is 18.1 Å². The monoisotopic (exact) mass is 396 g/mol. The van der Waals surface area contributed by atoms with E-state index in [2.05, 4.69) is 9.72 Å². The van der Waals surface area contributed by atoms with Crippen LogP contribution in [-0.4, -0.2) is 41.8 Å². The molecule has 0 spiro atoms. The Bertz CT molecular complexity index is 732. The minimum absolute atomic E-state index is 0.0181. The number of thioether (sulfide) groups is 1. The number of benzene rings is 1. The van der Waals surface area contributed by atoms with Gasteiger partial charge in [0.1, 0.15) is 0 Å². The molecular formula is C19H22F2N2O3S. The predicted octanol–water partition coefficient (Wildman–Crippen LogP) is 3.97. The molecule has 1 aromatic heterocycles. The molecule has 0 aliphatic rings. The van der Waals surface area contributed by atoms with Crippen LogP contribution in [0.4, 0.5) is 8.78 Å². The van der Waals surface area contributed by atoms with Crippen molar-refractivity contribution >= 4 is 17.7 Å². The molecule has 0 bridgehead atoms. The minimum Gasteiger partial charge on any atom is -0.490 e. The molecule has 27 heavy (non-hydrogen) atoms. The van der Waals surface area contributed by atoms with Crippen molar-refractivity contribution in [3.8, 4) is 11.5 Å². The van der Waals surface area contributed by atoms with E-state index in [1.54, 1.807) is 37.2 Å². The molecular weight excluding hydrogens is 374 g/mol. The first-order chi connectivity index (χ1) is 13.0. The van der Waals surface area contributed by atoms with E-state index in [9.17, 15) is 13.6 Å². The van der Waals surface area contributed by atoms with Crippen molar-refractivity contribution in [3.63, 3.8) is 0 Å². The molecule has 146 valence electrons. The molecule has 0 saturated carbocycles. The van der Waals surface area contributed by atoms with Gasteiger partial charge < -0.3 is 14.4 Å². The second-order valence-corrected chi connectivity index (χ2v) is 6.64. The molecule has 0 aliphatic heterocycles. The summed E-state index contributed by atoms with van der Waals surface area (Å²) in [5.74, 6) is 1.19. The van der Waals surface area contributed by atoms with Crippen LogP contribution in [0.1, 0.15) is 18.2 Å². The van der Waals surface area contributed by atoms with Gasteiger partial charge in [-0.25, -0.2) is 0 Å². The van der Waals surface area contributed by atoms with Crippen molar-refractivity contribution in [1.82, 2.24) is 9.88 Å². The largest absolute Gasteiger partial charge is 0.490 e. The Morgan fingerprint density at radius 2 is 2.07 bits per heavy atom. The molecule has 1 aromatic carbocycles. The Balaban J connectivity index is 1.90. The van der Waals surface area contributed by atoms with Crippen molar-refractivity contribution in [2.45, 2.75) is 25.8 Å². The summed E-state index contributed by atoms with van der Waals surface area (Å²) in [6.07, 6.45) is 1.72. The summed E-state index contributed by atoms with van der Waals surface area (Å²) in [5.41, 5.74) is 1.69. The summed E-state index contributed by atoms with van der Waals surface area (Å²) < 4.78 is 34.7. The molecule has 0 fully saturated rings. The zero-order valence-electron chi connectivity index (χ0n) is 15.2. The zero-order chi connectivity index (χ0) is 19.6. The quantitative estimate of drug-likeness (QED) is 0.608. The molecule has 1 amide bonds. The van der Waals surface area contributed by atoms with Crippen molar-refractivity contribution < 1.29 is 23.0 Å². The normalized spacial score (nSPS) is 10.7. The van der Waals surface area contributed by atoms with Crippen LogP contribution in [0.15, 0.2) is 42.6 Å². The molecule has 0 radical (unpaired) electrons. The van der Waals surface area contributed by atoms with Gasteiger partial charge in [-0.2, -0.15) is 8.78 Å². The van der Waals surface area contributed by atoms with Gasteiger partial charge in [-0.1, -0.05) is 12.1 Å². The summed E-state index contributed by atoms with van der Waals surface area (Å²) in [5, 5.41) is 0. The second-order valence-electron chi connectivity index (χ2n) is 5.66. The molecule has 0 N–H and O–H groups in total. The first-order valence-electron chi connectivity index (χ1n) is 8.41. The Kier molecular flexibility index (Phi) is 8.32. The maximum atomic E-state index is 12.5. The van der Waals surface area contributed by atoms with E-state index in [0.717, 1.165) is 11.3 Å². The van der Waals surface area contributed by atoms with E-state index < -0.39 is 6.61 Å². The van der Waals surface area contributed by atoms with Crippen LogP contribution in [0.25, 0.3) is 0 Å². The molecule has 2 aromatic rings. The third kappa shape index (κ3) is 7.05. The summed E-state index contributed by atoms with van der Waals surface area (Å²) in [6.45, 7) is -0.497. The maximum absolute atomic E-state index is 12.5. The van der Waals surface area contributed by atoms with Crippen molar-refractivity contribution in [2.24, 2.45) is 0 Å². The van der Waals surface area contributed by atoms with Crippen LogP contribution < -0.4 is 9.47 Å². The van der Waals surface area contributed by atoms with E-state index >= 15 is 0 Å². The Labute approximate surface area is 161 Å². The lowest BCUT2D eigenvalue weighted by Crippen LogP contribution is -2.27. The van der Waals surface area contributed by atoms with Gasteiger partial charge in [-0.3, -0.25) is 9.78 Å². The fourth-order valence-corrected chi connectivity index (χ4v) is 3.19. The predicted molar refractivity (Wildman–Crippen MR) is 101 cm³/mol. The van der Waals surface area contributed by atoms with Crippen LogP contribution in [0.2, 0.25) is 0 Å². The average molecular weight is 396 g/mol. The van der Waals surface area contributed by atoms with Crippen LogP contribution in [-0.2, 0) is 17.1 Å². The third-order valence-electron chi connectivity index (χ3n) is 3.57. The fraction of sp³-hybridized carbons (Fsp3) is 0.368. The average Bonchev–Trinajstić information content (AvgIpc) is 2.64. The molecule has 0 unspecified atom stereocenters. The van der Waals surface area contributed by atoms with E-state index in [-0.39, 0.29) is 17.4 Å². The molecule has 5 nitrogen and oxygen atoms in total. The number of nitrogens with zero attached hydrogens (tertiary/aromatic N) is 2. The summed E-state index contributed by atoms with van der Waals surface area (Å²) >= 11 is 1.49. The first-order valence-corrected chi connectivity index (χ1v) is 9.57. The highest BCUT2D eigenvalue weighted by Crippen LogP contribution is 2.30. The number of halogens is 2. The van der Waals surface area contributed by atoms with Gasteiger partial charge in [-0.15, -0.1) is 11.8 Å². The van der Waals surface area contributed by atoms with Gasteiger partial charge >= 0.3 is 6.61 Å².